The van der Waals surface area contributed by atoms with Crippen LogP contribution in [0.25, 0.3) is 0 Å². The van der Waals surface area contributed by atoms with Crippen LogP contribution in [0, 0.1) is 5.41 Å². The van der Waals surface area contributed by atoms with Gasteiger partial charge in [-0.1, -0.05) is 5.16 Å². The normalized spacial score (nSPS) is 23.6. The smallest absolute Gasteiger partial charge is 0.406 e. The summed E-state index contributed by atoms with van der Waals surface area (Å²) in [6.45, 7) is -1.23. The third-order valence-corrected chi connectivity index (χ3v) is 3.16. The molecular formula is C10H9F3N2O4. The second-order valence-corrected chi connectivity index (χ2v) is 4.24. The van der Waals surface area contributed by atoms with Gasteiger partial charge in [0.1, 0.15) is 0 Å². The van der Waals surface area contributed by atoms with Gasteiger partial charge in [-0.3, -0.25) is 9.59 Å². The molecule has 1 fully saturated rings. The van der Waals surface area contributed by atoms with Crippen molar-refractivity contribution in [2.45, 2.75) is 12.6 Å². The molecule has 9 heteroatoms. The fourth-order valence-corrected chi connectivity index (χ4v) is 1.99. The van der Waals surface area contributed by atoms with Crippen molar-refractivity contribution in [1.82, 2.24) is 10.1 Å². The van der Waals surface area contributed by atoms with Gasteiger partial charge in [0.05, 0.1) is 6.20 Å². The van der Waals surface area contributed by atoms with Gasteiger partial charge < -0.3 is 14.5 Å². The zero-order valence-corrected chi connectivity index (χ0v) is 9.48. The molecule has 104 valence electrons. The zero-order valence-electron chi connectivity index (χ0n) is 9.48. The number of carboxylic acid groups (broad SMARTS) is 1. The standard InChI is InChI=1S/C10H9F3N2O4/c11-10(12,13)9(8(17)18)2-4-15(5-9)7(16)6-1-3-14-19-6/h1,3H,2,4-5H2,(H,17,18). The minimum absolute atomic E-state index is 0.219. The first-order valence-corrected chi connectivity index (χ1v) is 5.28. The van der Waals surface area contributed by atoms with E-state index in [-0.39, 0.29) is 12.3 Å². The van der Waals surface area contributed by atoms with Crippen LogP contribution in [-0.4, -0.2) is 46.3 Å². The third kappa shape index (κ3) is 2.04. The number of alkyl halides is 3. The second-order valence-electron chi connectivity index (χ2n) is 4.24. The first kappa shape index (κ1) is 13.4. The van der Waals surface area contributed by atoms with E-state index in [1.807, 2.05) is 0 Å². The molecule has 0 aromatic carbocycles. The molecule has 1 saturated heterocycles. The van der Waals surface area contributed by atoms with Gasteiger partial charge in [0, 0.05) is 19.2 Å². The van der Waals surface area contributed by atoms with Gasteiger partial charge >= 0.3 is 12.1 Å². The lowest BCUT2D eigenvalue weighted by atomic mass is 9.86. The van der Waals surface area contributed by atoms with Crippen molar-refractivity contribution in [2.24, 2.45) is 5.41 Å². The van der Waals surface area contributed by atoms with Crippen molar-refractivity contribution in [3.05, 3.63) is 18.0 Å². The molecule has 1 amide bonds. The Morgan fingerprint density at radius 1 is 1.47 bits per heavy atom. The van der Waals surface area contributed by atoms with Crippen LogP contribution in [0.15, 0.2) is 16.8 Å². The molecule has 0 bridgehead atoms. The average molecular weight is 278 g/mol. The highest BCUT2D eigenvalue weighted by Gasteiger charge is 2.64. The Bertz CT molecular complexity index is 499. The van der Waals surface area contributed by atoms with Gasteiger partial charge in [0.2, 0.25) is 5.76 Å². The maximum absolute atomic E-state index is 12.9. The van der Waals surface area contributed by atoms with E-state index >= 15 is 0 Å². The maximum atomic E-state index is 12.9. The summed E-state index contributed by atoms with van der Waals surface area (Å²) in [4.78, 5) is 23.5. The Balaban J connectivity index is 2.23. The molecule has 1 N–H and O–H groups in total. The molecule has 1 unspecified atom stereocenters. The lowest BCUT2D eigenvalue weighted by Crippen LogP contribution is -2.47. The van der Waals surface area contributed by atoms with E-state index in [4.69, 9.17) is 5.11 Å². The molecule has 0 spiro atoms. The summed E-state index contributed by atoms with van der Waals surface area (Å²) in [6, 6.07) is 1.21. The van der Waals surface area contributed by atoms with Crippen molar-refractivity contribution in [1.29, 1.82) is 0 Å². The highest BCUT2D eigenvalue weighted by molar-refractivity contribution is 5.92. The number of carboxylic acids is 1. The number of carbonyl (C=O) groups is 2. The monoisotopic (exact) mass is 278 g/mol. The summed E-state index contributed by atoms with van der Waals surface area (Å²) in [5.41, 5.74) is -2.91. The Hall–Kier alpha value is -2.06. The Morgan fingerprint density at radius 3 is 2.58 bits per heavy atom. The molecule has 1 atom stereocenters. The number of carbonyl (C=O) groups excluding carboxylic acids is 1. The van der Waals surface area contributed by atoms with Crippen LogP contribution in [-0.2, 0) is 4.79 Å². The number of likely N-dealkylation sites (tertiary alicyclic amines) is 1. The quantitative estimate of drug-likeness (QED) is 0.877. The van der Waals surface area contributed by atoms with E-state index in [9.17, 15) is 22.8 Å². The van der Waals surface area contributed by atoms with Crippen LogP contribution in [0.3, 0.4) is 0 Å². The van der Waals surface area contributed by atoms with Crippen molar-refractivity contribution in [2.75, 3.05) is 13.1 Å². The van der Waals surface area contributed by atoms with E-state index in [1.165, 1.54) is 12.3 Å². The molecule has 0 saturated carbocycles. The number of aliphatic carboxylic acids is 1. The highest BCUT2D eigenvalue weighted by atomic mass is 19.4. The van der Waals surface area contributed by atoms with E-state index in [2.05, 4.69) is 9.68 Å². The topological polar surface area (TPSA) is 83.6 Å². The zero-order chi connectivity index (χ0) is 14.3. The van der Waals surface area contributed by atoms with E-state index in [1.54, 1.807) is 0 Å². The predicted molar refractivity (Wildman–Crippen MR) is 53.1 cm³/mol. The van der Waals surface area contributed by atoms with Crippen molar-refractivity contribution in [3.63, 3.8) is 0 Å². The molecule has 1 aromatic heterocycles. The van der Waals surface area contributed by atoms with E-state index in [0.29, 0.717) is 0 Å². The van der Waals surface area contributed by atoms with Crippen molar-refractivity contribution in [3.8, 4) is 0 Å². The SMILES string of the molecule is O=C(c1ccno1)N1CCC(C(=O)O)(C(F)(F)F)C1. The summed E-state index contributed by atoms with van der Waals surface area (Å²) in [6.07, 6.45) is -4.42. The Kier molecular flexibility index (Phi) is 2.99. The number of rotatable bonds is 2. The van der Waals surface area contributed by atoms with Crippen molar-refractivity contribution < 1.29 is 32.4 Å². The van der Waals surface area contributed by atoms with Gasteiger partial charge in [-0.25, -0.2) is 0 Å². The van der Waals surface area contributed by atoms with E-state index in [0.717, 1.165) is 4.90 Å². The summed E-state index contributed by atoms with van der Waals surface area (Å²) in [7, 11) is 0. The minimum atomic E-state index is -4.92. The molecule has 1 aliphatic heterocycles. The van der Waals surface area contributed by atoms with Crippen LogP contribution in [0.4, 0.5) is 13.2 Å². The average Bonchev–Trinajstić information content (AvgIpc) is 2.97. The second kappa shape index (κ2) is 4.25. The molecule has 2 rings (SSSR count). The summed E-state index contributed by atoms with van der Waals surface area (Å²) in [5.74, 6) is -3.00. The number of aromatic nitrogens is 1. The summed E-state index contributed by atoms with van der Waals surface area (Å²) < 4.78 is 43.2. The molecule has 0 aliphatic carbocycles. The largest absolute Gasteiger partial charge is 0.481 e. The summed E-state index contributed by atoms with van der Waals surface area (Å²) >= 11 is 0. The third-order valence-electron chi connectivity index (χ3n) is 3.16. The first-order chi connectivity index (χ1) is 8.78. The number of amides is 1. The van der Waals surface area contributed by atoms with Gasteiger partial charge in [-0.2, -0.15) is 13.2 Å². The lowest BCUT2D eigenvalue weighted by molar-refractivity contribution is -0.227. The molecule has 0 radical (unpaired) electrons. The number of halogens is 3. The Labute approximate surface area is 104 Å². The minimum Gasteiger partial charge on any atom is -0.481 e. The highest BCUT2D eigenvalue weighted by Crippen LogP contribution is 2.45. The van der Waals surface area contributed by atoms with Crippen LogP contribution in [0.5, 0.6) is 0 Å². The van der Waals surface area contributed by atoms with Crippen LogP contribution in [0.2, 0.25) is 0 Å². The molecule has 19 heavy (non-hydrogen) atoms. The van der Waals surface area contributed by atoms with Crippen LogP contribution < -0.4 is 0 Å². The maximum Gasteiger partial charge on any atom is 0.406 e. The number of nitrogens with zero attached hydrogens (tertiary/aromatic N) is 2. The number of hydrogen-bond donors (Lipinski definition) is 1. The van der Waals surface area contributed by atoms with Crippen LogP contribution in [0.1, 0.15) is 17.0 Å². The Morgan fingerprint density at radius 2 is 2.16 bits per heavy atom. The van der Waals surface area contributed by atoms with Crippen LogP contribution >= 0.6 is 0 Å². The van der Waals surface area contributed by atoms with Gasteiger partial charge in [-0.05, 0) is 6.42 Å². The predicted octanol–water partition coefficient (Wildman–Crippen LogP) is 1.15. The van der Waals surface area contributed by atoms with E-state index < -0.39 is 36.4 Å². The summed E-state index contributed by atoms with van der Waals surface area (Å²) in [5, 5.41) is 12.1. The van der Waals surface area contributed by atoms with Gasteiger partial charge in [0.15, 0.2) is 5.41 Å². The lowest BCUT2D eigenvalue weighted by Gasteiger charge is -2.26. The molecule has 1 aliphatic rings. The fraction of sp³-hybridized carbons (Fsp3) is 0.500. The van der Waals surface area contributed by atoms with Gasteiger partial charge in [-0.15, -0.1) is 0 Å². The molecule has 1 aromatic rings. The fourth-order valence-electron chi connectivity index (χ4n) is 1.99. The first-order valence-electron chi connectivity index (χ1n) is 5.28. The van der Waals surface area contributed by atoms with Crippen molar-refractivity contribution >= 4 is 11.9 Å². The molecule has 2 heterocycles. The van der Waals surface area contributed by atoms with Gasteiger partial charge in [0.25, 0.3) is 5.91 Å². The molecular weight excluding hydrogens is 269 g/mol. The molecule has 6 nitrogen and oxygen atoms in total. The number of hydrogen-bond acceptors (Lipinski definition) is 4.